The van der Waals surface area contributed by atoms with E-state index in [2.05, 4.69) is 25.3 Å². The van der Waals surface area contributed by atoms with Gasteiger partial charge in [0.05, 0.1) is 11.1 Å². The Labute approximate surface area is 180 Å². The Morgan fingerprint density at radius 2 is 1.94 bits per heavy atom. The molecule has 6 nitrogen and oxygen atoms in total. The number of pyridine rings is 1. The summed E-state index contributed by atoms with van der Waals surface area (Å²) in [5.74, 6) is 0.318. The van der Waals surface area contributed by atoms with E-state index < -0.39 is 17.9 Å². The molecule has 166 valence electrons. The fourth-order valence-corrected chi connectivity index (χ4v) is 4.22. The van der Waals surface area contributed by atoms with E-state index in [4.69, 9.17) is 5.73 Å². The molecular weight excluding hydrogens is 424 g/mol. The Balaban J connectivity index is 1.55. The maximum Gasteiger partial charge on any atom is 0.416 e. The number of benzene rings is 1. The molecule has 0 amide bonds. The fourth-order valence-electron chi connectivity index (χ4n) is 4.22. The van der Waals surface area contributed by atoms with Gasteiger partial charge in [0.25, 0.3) is 0 Å². The van der Waals surface area contributed by atoms with Gasteiger partial charge in [-0.25, -0.2) is 14.4 Å². The average molecular weight is 444 g/mol. The van der Waals surface area contributed by atoms with Gasteiger partial charge in [-0.05, 0) is 25.0 Å². The largest absolute Gasteiger partial charge is 0.416 e. The molecule has 4 aromatic rings. The summed E-state index contributed by atoms with van der Waals surface area (Å²) in [4.78, 5) is 16.1. The monoisotopic (exact) mass is 444 g/mol. The van der Waals surface area contributed by atoms with Crippen molar-refractivity contribution in [1.82, 2.24) is 19.9 Å². The summed E-state index contributed by atoms with van der Waals surface area (Å²) in [6, 6.07) is 3.09. The van der Waals surface area contributed by atoms with Crippen LogP contribution < -0.4 is 11.1 Å². The number of halogens is 4. The summed E-state index contributed by atoms with van der Waals surface area (Å²) < 4.78 is 53.0. The minimum Gasteiger partial charge on any atom is -0.361 e. The lowest BCUT2D eigenvalue weighted by molar-refractivity contribution is -0.137. The molecule has 3 heterocycles. The second kappa shape index (κ2) is 7.70. The topological polar surface area (TPSA) is 92.5 Å². The number of nitrogens with zero attached hydrogens (tertiary/aromatic N) is 3. The number of rotatable bonds is 3. The van der Waals surface area contributed by atoms with Gasteiger partial charge >= 0.3 is 6.18 Å². The van der Waals surface area contributed by atoms with Crippen molar-refractivity contribution in [2.24, 2.45) is 5.73 Å². The lowest BCUT2D eigenvalue weighted by atomic mass is 9.90. The molecule has 1 unspecified atom stereocenters. The lowest BCUT2D eigenvalue weighted by Crippen LogP contribution is -2.45. The third-order valence-electron chi connectivity index (χ3n) is 5.94. The zero-order chi connectivity index (χ0) is 22.5. The summed E-state index contributed by atoms with van der Waals surface area (Å²) in [5, 5.41) is 4.44. The van der Waals surface area contributed by atoms with Gasteiger partial charge in [-0.1, -0.05) is 6.07 Å². The van der Waals surface area contributed by atoms with Crippen LogP contribution in [0.1, 0.15) is 24.8 Å². The van der Waals surface area contributed by atoms with E-state index in [-0.39, 0.29) is 18.5 Å². The van der Waals surface area contributed by atoms with E-state index in [1.165, 1.54) is 6.07 Å². The Hall–Kier alpha value is -3.27. The molecule has 5 rings (SSSR count). The molecule has 10 heteroatoms. The first kappa shape index (κ1) is 20.6. The first-order valence-corrected chi connectivity index (χ1v) is 10.3. The third-order valence-corrected chi connectivity index (χ3v) is 5.94. The molecule has 1 aliphatic rings. The van der Waals surface area contributed by atoms with E-state index in [1.54, 1.807) is 24.8 Å². The SMILES string of the molecule is N[C@@H]1CCC(F)C[C@@H]1Nc1ncc2cncc(-c3c[nH]c4cc(C(F)(F)F)ccc34)c2n1. The third kappa shape index (κ3) is 3.75. The molecule has 3 atom stereocenters. The van der Waals surface area contributed by atoms with Gasteiger partial charge in [0.1, 0.15) is 6.17 Å². The van der Waals surface area contributed by atoms with Crippen LogP contribution in [0.5, 0.6) is 0 Å². The maximum atomic E-state index is 13.8. The maximum absolute atomic E-state index is 13.8. The standard InChI is InChI=1S/C22H20F4N6/c23-13-2-4-17(27)19(6-13)31-21-30-8-11-7-28-9-16(20(11)32-21)15-10-29-18-5-12(22(24,25)26)1-3-14(15)18/h1,3,5,7-10,13,17,19,29H,2,4,6,27H2,(H,30,31,32)/t13?,17-,19+/m1/s1. The van der Waals surface area contributed by atoms with Crippen molar-refractivity contribution < 1.29 is 17.6 Å². The molecule has 0 spiro atoms. The Kier molecular flexibility index (Phi) is 4.96. The first-order valence-electron chi connectivity index (χ1n) is 10.3. The van der Waals surface area contributed by atoms with Crippen molar-refractivity contribution in [1.29, 1.82) is 0 Å². The number of fused-ring (bicyclic) bond motifs is 2. The van der Waals surface area contributed by atoms with E-state index in [0.717, 1.165) is 12.1 Å². The molecule has 1 fully saturated rings. The lowest BCUT2D eigenvalue weighted by Gasteiger charge is -2.31. The van der Waals surface area contributed by atoms with Crippen LogP contribution in [-0.2, 0) is 6.18 Å². The first-order chi connectivity index (χ1) is 15.3. The highest BCUT2D eigenvalue weighted by Gasteiger charge is 2.31. The molecule has 0 bridgehead atoms. The molecular formula is C22H20F4N6. The number of alkyl halides is 4. The molecule has 0 aliphatic heterocycles. The van der Waals surface area contributed by atoms with Gasteiger partial charge < -0.3 is 16.0 Å². The Morgan fingerprint density at radius 3 is 2.75 bits per heavy atom. The number of anilines is 1. The van der Waals surface area contributed by atoms with Crippen molar-refractivity contribution in [3.05, 3.63) is 48.5 Å². The van der Waals surface area contributed by atoms with Gasteiger partial charge in [0, 0.05) is 70.7 Å². The predicted molar refractivity (Wildman–Crippen MR) is 114 cm³/mol. The van der Waals surface area contributed by atoms with Crippen LogP contribution >= 0.6 is 0 Å². The molecule has 0 saturated heterocycles. The summed E-state index contributed by atoms with van der Waals surface area (Å²) in [6.07, 6.45) is 2.46. The highest BCUT2D eigenvalue weighted by Crippen LogP contribution is 2.36. The predicted octanol–water partition coefficient (Wildman–Crippen LogP) is 4.82. The number of hydrogen-bond donors (Lipinski definition) is 3. The van der Waals surface area contributed by atoms with Crippen molar-refractivity contribution >= 4 is 27.8 Å². The Bertz CT molecular complexity index is 1280. The summed E-state index contributed by atoms with van der Waals surface area (Å²) in [6.45, 7) is 0. The van der Waals surface area contributed by atoms with Gasteiger partial charge in [-0.2, -0.15) is 13.2 Å². The minimum absolute atomic E-state index is 0.199. The molecule has 4 N–H and O–H groups in total. The molecule has 1 aliphatic carbocycles. The highest BCUT2D eigenvalue weighted by molar-refractivity contribution is 6.03. The van der Waals surface area contributed by atoms with Gasteiger partial charge in [0.15, 0.2) is 0 Å². The van der Waals surface area contributed by atoms with Gasteiger partial charge in [0.2, 0.25) is 5.95 Å². The van der Waals surface area contributed by atoms with Crippen LogP contribution in [0.2, 0.25) is 0 Å². The van der Waals surface area contributed by atoms with Crippen molar-refractivity contribution in [3.8, 4) is 11.1 Å². The van der Waals surface area contributed by atoms with Crippen LogP contribution in [0, 0.1) is 0 Å². The number of nitrogens with two attached hydrogens (primary N) is 1. The highest BCUT2D eigenvalue weighted by atomic mass is 19.4. The van der Waals surface area contributed by atoms with Crippen molar-refractivity contribution in [2.45, 2.75) is 43.7 Å². The van der Waals surface area contributed by atoms with Crippen LogP contribution in [0.25, 0.3) is 32.9 Å². The van der Waals surface area contributed by atoms with Gasteiger partial charge in [-0.3, -0.25) is 4.98 Å². The zero-order valence-corrected chi connectivity index (χ0v) is 16.8. The molecule has 1 aromatic carbocycles. The van der Waals surface area contributed by atoms with Crippen LogP contribution in [0.3, 0.4) is 0 Å². The zero-order valence-electron chi connectivity index (χ0n) is 16.8. The van der Waals surface area contributed by atoms with Gasteiger partial charge in [-0.15, -0.1) is 0 Å². The fraction of sp³-hybridized carbons (Fsp3) is 0.318. The quantitative estimate of drug-likeness (QED) is 0.394. The molecule has 1 saturated carbocycles. The summed E-state index contributed by atoms with van der Waals surface area (Å²) in [5.41, 5.74) is 7.68. The normalized spacial score (nSPS) is 21.8. The number of nitrogens with one attached hydrogen (secondary N) is 2. The number of aromatic nitrogens is 4. The number of aromatic amines is 1. The molecule has 32 heavy (non-hydrogen) atoms. The molecule has 0 radical (unpaired) electrons. The van der Waals surface area contributed by atoms with Crippen LogP contribution in [0.15, 0.2) is 43.0 Å². The van der Waals surface area contributed by atoms with E-state index in [0.29, 0.717) is 51.7 Å². The Morgan fingerprint density at radius 1 is 1.09 bits per heavy atom. The van der Waals surface area contributed by atoms with Crippen LogP contribution in [-0.4, -0.2) is 38.2 Å². The van der Waals surface area contributed by atoms with E-state index >= 15 is 0 Å². The number of hydrogen-bond acceptors (Lipinski definition) is 5. The van der Waals surface area contributed by atoms with E-state index in [9.17, 15) is 17.6 Å². The summed E-state index contributed by atoms with van der Waals surface area (Å²) >= 11 is 0. The van der Waals surface area contributed by atoms with Crippen molar-refractivity contribution in [2.75, 3.05) is 5.32 Å². The van der Waals surface area contributed by atoms with Crippen molar-refractivity contribution in [3.63, 3.8) is 0 Å². The number of H-pyrrole nitrogens is 1. The minimum atomic E-state index is -4.42. The average Bonchev–Trinajstić information content (AvgIpc) is 3.18. The second-order valence-corrected chi connectivity index (χ2v) is 8.10. The smallest absolute Gasteiger partial charge is 0.361 e. The van der Waals surface area contributed by atoms with Crippen LogP contribution in [0.4, 0.5) is 23.5 Å². The molecule has 3 aromatic heterocycles. The van der Waals surface area contributed by atoms with E-state index in [1.807, 2.05) is 0 Å². The second-order valence-electron chi connectivity index (χ2n) is 8.10. The summed E-state index contributed by atoms with van der Waals surface area (Å²) in [7, 11) is 0.